The van der Waals surface area contributed by atoms with Crippen LogP contribution >= 0.6 is 0 Å². The second-order valence-electron chi connectivity index (χ2n) is 9.36. The molecule has 0 aliphatic carbocycles. The van der Waals surface area contributed by atoms with Crippen LogP contribution < -0.4 is 20.1 Å². The van der Waals surface area contributed by atoms with Gasteiger partial charge in [0.2, 0.25) is 0 Å². The summed E-state index contributed by atoms with van der Waals surface area (Å²) < 4.78 is 47.9. The zero-order valence-electron chi connectivity index (χ0n) is 22.2. The maximum Gasteiger partial charge on any atom is 0.281 e. The van der Waals surface area contributed by atoms with Crippen molar-refractivity contribution < 1.29 is 22.3 Å². The van der Waals surface area contributed by atoms with E-state index in [1.165, 1.54) is 36.4 Å². The van der Waals surface area contributed by atoms with Crippen molar-refractivity contribution in [2.75, 3.05) is 24.3 Å². The van der Waals surface area contributed by atoms with Gasteiger partial charge in [-0.05, 0) is 55.2 Å². The molecule has 204 valence electrons. The van der Waals surface area contributed by atoms with Crippen molar-refractivity contribution in [3.63, 3.8) is 0 Å². The Morgan fingerprint density at radius 2 is 1.82 bits per heavy atom. The standard InChI is InChI=1S/C27H34FN5O4S/c1-6-20(7-2)33(5)26-22(27(34)32-38(35,36)25-10-8-9-24(29)31-25)11-12-23(30-26)18-13-19(28)15-21(14-18)37-16-17(3)4/h8-15,17,20H,6-7,16H2,1-5H3,(H2,29,31)(H,32,34). The molecule has 0 fully saturated rings. The van der Waals surface area contributed by atoms with Crippen molar-refractivity contribution in [1.82, 2.24) is 14.7 Å². The third kappa shape index (κ3) is 6.97. The second-order valence-corrected chi connectivity index (χ2v) is 11.0. The zero-order chi connectivity index (χ0) is 28.0. The summed E-state index contributed by atoms with van der Waals surface area (Å²) in [5.74, 6) is -0.461. The third-order valence-electron chi connectivity index (χ3n) is 5.94. The molecule has 11 heteroatoms. The van der Waals surface area contributed by atoms with E-state index in [4.69, 9.17) is 10.5 Å². The van der Waals surface area contributed by atoms with E-state index in [2.05, 4.69) is 14.7 Å². The molecule has 9 nitrogen and oxygen atoms in total. The van der Waals surface area contributed by atoms with Crippen LogP contribution in [0.1, 0.15) is 50.9 Å². The monoisotopic (exact) mass is 543 g/mol. The van der Waals surface area contributed by atoms with Gasteiger partial charge in [0.1, 0.15) is 23.2 Å². The number of hydrogen-bond acceptors (Lipinski definition) is 8. The normalized spacial score (nSPS) is 11.6. The number of sulfonamides is 1. The number of ether oxygens (including phenoxy) is 1. The Bertz CT molecular complexity index is 1390. The minimum atomic E-state index is -4.29. The topological polar surface area (TPSA) is 128 Å². The summed E-state index contributed by atoms with van der Waals surface area (Å²) in [6, 6.07) is 11.5. The minimum Gasteiger partial charge on any atom is -0.493 e. The maximum absolute atomic E-state index is 14.5. The number of halogens is 1. The van der Waals surface area contributed by atoms with Crippen molar-refractivity contribution in [2.45, 2.75) is 51.6 Å². The van der Waals surface area contributed by atoms with Crippen LogP contribution in [0, 0.1) is 11.7 Å². The fourth-order valence-electron chi connectivity index (χ4n) is 3.93. The van der Waals surface area contributed by atoms with Crippen LogP contribution in [-0.4, -0.2) is 44.0 Å². The molecule has 2 heterocycles. The molecule has 2 aromatic heterocycles. The molecule has 3 N–H and O–H groups in total. The first-order valence-electron chi connectivity index (χ1n) is 12.4. The predicted molar refractivity (Wildman–Crippen MR) is 146 cm³/mol. The summed E-state index contributed by atoms with van der Waals surface area (Å²) in [7, 11) is -2.51. The number of nitrogens with one attached hydrogen (secondary N) is 1. The maximum atomic E-state index is 14.5. The Hall–Kier alpha value is -3.73. The third-order valence-corrected chi connectivity index (χ3v) is 7.17. The molecule has 3 rings (SSSR count). The number of carbonyl (C=O) groups excluding carboxylic acids is 1. The Balaban J connectivity index is 2.05. The Morgan fingerprint density at radius 1 is 1.11 bits per heavy atom. The number of nitrogen functional groups attached to an aromatic ring is 1. The molecule has 1 aromatic carbocycles. The Labute approximate surface area is 223 Å². The first kappa shape index (κ1) is 28.8. The number of rotatable bonds is 11. The van der Waals surface area contributed by atoms with E-state index in [0.29, 0.717) is 23.6 Å². The number of nitrogens with zero attached hydrogens (tertiary/aromatic N) is 3. The summed E-state index contributed by atoms with van der Waals surface area (Å²) in [5.41, 5.74) is 6.53. The summed E-state index contributed by atoms with van der Waals surface area (Å²) in [5, 5.41) is -0.376. The highest BCUT2D eigenvalue weighted by Gasteiger charge is 2.26. The quantitative estimate of drug-likeness (QED) is 0.358. The lowest BCUT2D eigenvalue weighted by molar-refractivity contribution is 0.0981. The first-order valence-corrected chi connectivity index (χ1v) is 13.9. The van der Waals surface area contributed by atoms with Crippen LogP contribution in [0.5, 0.6) is 5.75 Å². The molecule has 38 heavy (non-hydrogen) atoms. The van der Waals surface area contributed by atoms with Crippen LogP contribution in [0.4, 0.5) is 16.0 Å². The smallest absolute Gasteiger partial charge is 0.281 e. The molecule has 0 saturated heterocycles. The van der Waals surface area contributed by atoms with Crippen molar-refractivity contribution in [1.29, 1.82) is 0 Å². The van der Waals surface area contributed by atoms with E-state index in [-0.39, 0.29) is 34.2 Å². The van der Waals surface area contributed by atoms with E-state index < -0.39 is 21.7 Å². The molecular formula is C27H34FN5O4S. The van der Waals surface area contributed by atoms with E-state index in [1.54, 1.807) is 19.2 Å². The Kier molecular flexibility index (Phi) is 9.26. The van der Waals surface area contributed by atoms with Gasteiger partial charge < -0.3 is 15.4 Å². The molecule has 0 spiro atoms. The lowest BCUT2D eigenvalue weighted by Gasteiger charge is -2.29. The van der Waals surface area contributed by atoms with E-state index >= 15 is 0 Å². The molecule has 0 bridgehead atoms. The van der Waals surface area contributed by atoms with Crippen molar-refractivity contribution in [3.8, 4) is 17.0 Å². The zero-order valence-corrected chi connectivity index (χ0v) is 23.0. The number of benzene rings is 1. The van der Waals surface area contributed by atoms with Gasteiger partial charge in [0.05, 0.1) is 17.9 Å². The fraction of sp³-hybridized carbons (Fsp3) is 0.370. The van der Waals surface area contributed by atoms with Gasteiger partial charge in [0, 0.05) is 24.7 Å². The molecule has 0 saturated carbocycles. The minimum absolute atomic E-state index is 0.00679. The van der Waals surface area contributed by atoms with Gasteiger partial charge in [-0.2, -0.15) is 8.42 Å². The van der Waals surface area contributed by atoms with Crippen LogP contribution in [0.15, 0.2) is 53.6 Å². The summed E-state index contributed by atoms with van der Waals surface area (Å²) in [6.45, 7) is 8.43. The molecular weight excluding hydrogens is 509 g/mol. The van der Waals surface area contributed by atoms with Gasteiger partial charge in [-0.1, -0.05) is 33.8 Å². The SMILES string of the molecule is CCC(CC)N(C)c1nc(-c2cc(F)cc(OCC(C)C)c2)ccc1C(=O)NS(=O)(=O)c1cccc(N)n1. The van der Waals surface area contributed by atoms with Crippen molar-refractivity contribution in [3.05, 3.63) is 59.9 Å². The number of aromatic nitrogens is 2. The van der Waals surface area contributed by atoms with E-state index in [1.807, 2.05) is 32.6 Å². The van der Waals surface area contributed by atoms with Gasteiger partial charge in [-0.25, -0.2) is 19.1 Å². The number of pyridine rings is 2. The van der Waals surface area contributed by atoms with Gasteiger partial charge in [-0.15, -0.1) is 0 Å². The number of anilines is 2. The number of amides is 1. The average Bonchev–Trinajstić information content (AvgIpc) is 2.87. The highest BCUT2D eigenvalue weighted by molar-refractivity contribution is 7.90. The van der Waals surface area contributed by atoms with Gasteiger partial charge >= 0.3 is 0 Å². The van der Waals surface area contributed by atoms with Gasteiger partial charge in [0.15, 0.2) is 5.03 Å². The molecule has 0 unspecified atom stereocenters. The molecule has 1 amide bonds. The lowest BCUT2D eigenvalue weighted by Crippen LogP contribution is -2.36. The van der Waals surface area contributed by atoms with Crippen molar-refractivity contribution >= 4 is 27.6 Å². The number of nitrogens with two attached hydrogens (primary N) is 1. The summed E-state index contributed by atoms with van der Waals surface area (Å²) in [4.78, 5) is 23.6. The molecule has 3 aromatic rings. The first-order chi connectivity index (χ1) is 17.9. The number of carbonyl (C=O) groups is 1. The number of hydrogen-bond donors (Lipinski definition) is 2. The molecule has 0 radical (unpaired) electrons. The molecule has 0 aliphatic rings. The Morgan fingerprint density at radius 3 is 2.45 bits per heavy atom. The highest BCUT2D eigenvalue weighted by atomic mass is 32.2. The van der Waals surface area contributed by atoms with Crippen LogP contribution in [0.25, 0.3) is 11.3 Å². The largest absolute Gasteiger partial charge is 0.493 e. The highest BCUT2D eigenvalue weighted by Crippen LogP contribution is 2.29. The second kappa shape index (κ2) is 12.2. The molecule has 0 aliphatic heterocycles. The summed E-state index contributed by atoms with van der Waals surface area (Å²) >= 11 is 0. The summed E-state index contributed by atoms with van der Waals surface area (Å²) in [6.07, 6.45) is 1.53. The molecule has 0 atom stereocenters. The fourth-order valence-corrected chi connectivity index (χ4v) is 4.87. The van der Waals surface area contributed by atoms with E-state index in [9.17, 15) is 17.6 Å². The van der Waals surface area contributed by atoms with Crippen molar-refractivity contribution in [2.24, 2.45) is 5.92 Å². The average molecular weight is 544 g/mol. The van der Waals surface area contributed by atoms with Gasteiger partial charge in [0.25, 0.3) is 15.9 Å². The van der Waals surface area contributed by atoms with Gasteiger partial charge in [-0.3, -0.25) is 4.79 Å². The van der Waals surface area contributed by atoms with Crippen LogP contribution in [-0.2, 0) is 10.0 Å². The predicted octanol–water partition coefficient (Wildman–Crippen LogP) is 4.64. The van der Waals surface area contributed by atoms with Crippen LogP contribution in [0.2, 0.25) is 0 Å². The van der Waals surface area contributed by atoms with Crippen LogP contribution in [0.3, 0.4) is 0 Å². The van der Waals surface area contributed by atoms with E-state index in [0.717, 1.165) is 12.8 Å². The lowest BCUT2D eigenvalue weighted by atomic mass is 10.1.